The van der Waals surface area contributed by atoms with Gasteiger partial charge in [0.25, 0.3) is 5.91 Å². The molecule has 2 unspecified atom stereocenters. The van der Waals surface area contributed by atoms with Crippen LogP contribution in [0, 0.1) is 0 Å². The zero-order valence-corrected chi connectivity index (χ0v) is 22.5. The summed E-state index contributed by atoms with van der Waals surface area (Å²) in [5, 5.41) is 5.62. The minimum Gasteiger partial charge on any atom is -0.483 e. The minimum atomic E-state index is -0.728. The molecule has 2 amide bonds. The van der Waals surface area contributed by atoms with Gasteiger partial charge >= 0.3 is 0 Å². The maximum atomic E-state index is 13.8. The van der Waals surface area contributed by atoms with Gasteiger partial charge in [-0.25, -0.2) is 0 Å². The fourth-order valence-corrected chi connectivity index (χ4v) is 4.58. The minimum absolute atomic E-state index is 0.0178. The van der Waals surface area contributed by atoms with Gasteiger partial charge in [-0.05, 0) is 48.1 Å². The summed E-state index contributed by atoms with van der Waals surface area (Å²) in [6.07, 6.45) is 1.17. The molecule has 2 atom stereocenters. The van der Waals surface area contributed by atoms with E-state index in [2.05, 4.69) is 5.32 Å². The topological polar surface area (TPSA) is 58.6 Å². The van der Waals surface area contributed by atoms with Crippen LogP contribution in [-0.4, -0.2) is 35.4 Å². The van der Waals surface area contributed by atoms with Gasteiger partial charge in [-0.3, -0.25) is 9.59 Å². The van der Waals surface area contributed by atoms with Crippen molar-refractivity contribution in [1.82, 2.24) is 10.2 Å². The van der Waals surface area contributed by atoms with Crippen molar-refractivity contribution >= 4 is 34.2 Å². The molecule has 0 heterocycles. The average Bonchev–Trinajstić information content (AvgIpc) is 2.94. The van der Waals surface area contributed by atoms with E-state index < -0.39 is 6.04 Å². The summed E-state index contributed by atoms with van der Waals surface area (Å²) in [4.78, 5) is 29.0. The number of halogens is 1. The molecule has 0 spiro atoms. The molecule has 0 aromatic heterocycles. The van der Waals surface area contributed by atoms with E-state index in [1.54, 1.807) is 11.0 Å². The summed E-state index contributed by atoms with van der Waals surface area (Å²) in [6.45, 7) is 4.01. The van der Waals surface area contributed by atoms with E-state index in [0.29, 0.717) is 17.2 Å². The Hall–Kier alpha value is -3.83. The largest absolute Gasteiger partial charge is 0.483 e. The predicted molar refractivity (Wildman–Crippen MR) is 153 cm³/mol. The number of amides is 2. The van der Waals surface area contributed by atoms with Crippen LogP contribution in [0.2, 0.25) is 5.02 Å². The number of fused-ring (bicyclic) bond motifs is 1. The Morgan fingerprint density at radius 3 is 2.34 bits per heavy atom. The molecule has 4 aromatic rings. The van der Waals surface area contributed by atoms with Crippen LogP contribution < -0.4 is 10.1 Å². The first kappa shape index (κ1) is 27.2. The first-order chi connectivity index (χ1) is 18.4. The number of nitrogens with zero attached hydrogens (tertiary/aromatic N) is 1. The number of hydrogen-bond acceptors (Lipinski definition) is 3. The van der Waals surface area contributed by atoms with Crippen LogP contribution in [0.4, 0.5) is 0 Å². The number of carbonyl (C=O) groups is 2. The Morgan fingerprint density at radius 1 is 0.895 bits per heavy atom. The lowest BCUT2D eigenvalue weighted by molar-refractivity contribution is -0.143. The SMILES string of the molecule is CCC(C)NC(=O)C(Cc1ccccc1)N(Cc1cccc(Cl)c1)C(=O)COc1cccc2ccccc12. The van der Waals surface area contributed by atoms with Crippen LogP contribution in [0.5, 0.6) is 5.75 Å². The molecule has 6 heteroatoms. The second-order valence-corrected chi connectivity index (χ2v) is 9.88. The van der Waals surface area contributed by atoms with Gasteiger partial charge in [0.05, 0.1) is 0 Å². The highest BCUT2D eigenvalue weighted by Gasteiger charge is 2.31. The van der Waals surface area contributed by atoms with E-state index in [-0.39, 0.29) is 31.0 Å². The lowest BCUT2D eigenvalue weighted by atomic mass is 10.0. The van der Waals surface area contributed by atoms with E-state index in [1.165, 1.54) is 0 Å². The Kier molecular flexibility index (Phi) is 9.39. The third-order valence-electron chi connectivity index (χ3n) is 6.61. The first-order valence-corrected chi connectivity index (χ1v) is 13.3. The van der Waals surface area contributed by atoms with Crippen LogP contribution in [0.25, 0.3) is 10.8 Å². The normalized spacial score (nSPS) is 12.5. The smallest absolute Gasteiger partial charge is 0.261 e. The molecule has 0 aliphatic heterocycles. The van der Waals surface area contributed by atoms with Crippen molar-refractivity contribution in [2.75, 3.05) is 6.61 Å². The van der Waals surface area contributed by atoms with E-state index in [1.807, 2.05) is 105 Å². The maximum Gasteiger partial charge on any atom is 0.261 e. The highest BCUT2D eigenvalue weighted by molar-refractivity contribution is 6.30. The third-order valence-corrected chi connectivity index (χ3v) is 6.85. The third kappa shape index (κ3) is 7.14. The number of rotatable bonds is 11. The lowest BCUT2D eigenvalue weighted by Crippen LogP contribution is -2.53. The fourth-order valence-electron chi connectivity index (χ4n) is 4.37. The molecule has 0 aliphatic carbocycles. The van der Waals surface area contributed by atoms with Crippen molar-refractivity contribution < 1.29 is 14.3 Å². The van der Waals surface area contributed by atoms with Gasteiger partial charge < -0.3 is 15.0 Å². The molecule has 1 N–H and O–H groups in total. The number of benzene rings is 4. The number of hydrogen-bond donors (Lipinski definition) is 1. The quantitative estimate of drug-likeness (QED) is 0.244. The molecule has 4 aromatic carbocycles. The van der Waals surface area contributed by atoms with Crippen molar-refractivity contribution in [3.05, 3.63) is 113 Å². The second-order valence-electron chi connectivity index (χ2n) is 9.44. The molecule has 0 bridgehead atoms. The summed E-state index contributed by atoms with van der Waals surface area (Å²) >= 11 is 6.26. The molecule has 5 nitrogen and oxygen atoms in total. The number of carbonyl (C=O) groups excluding carboxylic acids is 2. The average molecular weight is 529 g/mol. The van der Waals surface area contributed by atoms with E-state index >= 15 is 0 Å². The first-order valence-electron chi connectivity index (χ1n) is 12.9. The summed E-state index contributed by atoms with van der Waals surface area (Å²) in [6, 6.07) is 30.0. The Labute approximate surface area is 229 Å². The molecule has 4 rings (SSSR count). The van der Waals surface area contributed by atoms with Crippen molar-refractivity contribution in [1.29, 1.82) is 0 Å². The molecule has 0 fully saturated rings. The molecule has 0 aliphatic rings. The maximum absolute atomic E-state index is 13.8. The molecular formula is C32H33ClN2O3. The van der Waals surface area contributed by atoms with Crippen molar-refractivity contribution in [2.45, 2.75) is 45.3 Å². The highest BCUT2D eigenvalue weighted by atomic mass is 35.5. The fraction of sp³-hybridized carbons (Fsp3) is 0.250. The van der Waals surface area contributed by atoms with Gasteiger partial charge in [0.15, 0.2) is 6.61 Å². The van der Waals surface area contributed by atoms with E-state index in [9.17, 15) is 9.59 Å². The monoisotopic (exact) mass is 528 g/mol. The van der Waals surface area contributed by atoms with Gasteiger partial charge in [-0.15, -0.1) is 0 Å². The number of ether oxygens (including phenoxy) is 1. The summed E-state index contributed by atoms with van der Waals surface area (Å²) < 4.78 is 6.06. The van der Waals surface area contributed by atoms with Crippen LogP contribution in [-0.2, 0) is 22.6 Å². The Bertz CT molecular complexity index is 1370. The van der Waals surface area contributed by atoms with Gasteiger partial charge in [-0.1, -0.05) is 97.4 Å². The summed E-state index contributed by atoms with van der Waals surface area (Å²) in [5.74, 6) is 0.157. The summed E-state index contributed by atoms with van der Waals surface area (Å²) in [7, 11) is 0. The Balaban J connectivity index is 1.65. The van der Waals surface area contributed by atoms with Gasteiger partial charge in [0.2, 0.25) is 5.91 Å². The van der Waals surface area contributed by atoms with Crippen molar-refractivity contribution in [3.63, 3.8) is 0 Å². The zero-order valence-electron chi connectivity index (χ0n) is 21.8. The molecule has 0 saturated carbocycles. The highest BCUT2D eigenvalue weighted by Crippen LogP contribution is 2.25. The van der Waals surface area contributed by atoms with Gasteiger partial charge in [-0.2, -0.15) is 0 Å². The summed E-state index contributed by atoms with van der Waals surface area (Å²) in [5.41, 5.74) is 1.81. The van der Waals surface area contributed by atoms with E-state index in [0.717, 1.165) is 28.3 Å². The zero-order chi connectivity index (χ0) is 26.9. The van der Waals surface area contributed by atoms with Gasteiger partial charge in [0.1, 0.15) is 11.8 Å². The molecule has 196 valence electrons. The molecule has 38 heavy (non-hydrogen) atoms. The lowest BCUT2D eigenvalue weighted by Gasteiger charge is -2.32. The number of nitrogens with one attached hydrogen (secondary N) is 1. The van der Waals surface area contributed by atoms with Crippen LogP contribution in [0.1, 0.15) is 31.4 Å². The molecular weight excluding hydrogens is 496 g/mol. The van der Waals surface area contributed by atoms with Crippen molar-refractivity contribution in [3.8, 4) is 5.75 Å². The standard InChI is InChI=1S/C32H33ClN2O3/c1-3-23(2)34-32(37)29(20-24-11-5-4-6-12-24)35(21-25-13-9-16-27(33)19-25)31(36)22-38-30-18-10-15-26-14-7-8-17-28(26)30/h4-19,23,29H,3,20-22H2,1-2H3,(H,34,37). The van der Waals surface area contributed by atoms with Crippen molar-refractivity contribution in [2.24, 2.45) is 0 Å². The predicted octanol–water partition coefficient (Wildman–Crippen LogP) is 6.43. The van der Waals surface area contributed by atoms with Crippen LogP contribution >= 0.6 is 11.6 Å². The van der Waals surface area contributed by atoms with Crippen LogP contribution in [0.15, 0.2) is 97.1 Å². The Morgan fingerprint density at radius 2 is 1.58 bits per heavy atom. The van der Waals surface area contributed by atoms with Crippen LogP contribution in [0.3, 0.4) is 0 Å². The molecule has 0 radical (unpaired) electrons. The van der Waals surface area contributed by atoms with E-state index in [4.69, 9.17) is 16.3 Å². The molecule has 0 saturated heterocycles. The van der Waals surface area contributed by atoms with Gasteiger partial charge in [0, 0.05) is 29.4 Å². The second kappa shape index (κ2) is 13.1.